The maximum atomic E-state index is 12.8. The summed E-state index contributed by atoms with van der Waals surface area (Å²) < 4.78 is 27.1. The first-order chi connectivity index (χ1) is 12.6. The first-order valence-corrected chi connectivity index (χ1v) is 10.8. The highest BCUT2D eigenvalue weighted by atomic mass is 32.2. The first kappa shape index (κ1) is 19.8. The van der Waals surface area contributed by atoms with Crippen molar-refractivity contribution in [3.05, 3.63) is 35.4 Å². The van der Waals surface area contributed by atoms with Crippen LogP contribution in [0.1, 0.15) is 37.8 Å². The zero-order chi connectivity index (χ0) is 19.8. The quantitative estimate of drug-likeness (QED) is 0.765. The van der Waals surface area contributed by atoms with Crippen molar-refractivity contribution in [3.8, 4) is 0 Å². The Bertz CT molecular complexity index is 848. The molecule has 1 saturated heterocycles. The van der Waals surface area contributed by atoms with Crippen LogP contribution in [0.15, 0.2) is 29.4 Å². The number of nitrogens with zero attached hydrogens (tertiary/aromatic N) is 3. The van der Waals surface area contributed by atoms with Crippen LogP contribution in [0.25, 0.3) is 0 Å². The molecule has 2 heterocycles. The van der Waals surface area contributed by atoms with Crippen LogP contribution >= 0.6 is 0 Å². The number of oxime groups is 1. The smallest absolute Gasteiger partial charge is 0.271 e. The third kappa shape index (κ3) is 4.16. The largest absolute Gasteiger partial charge is 0.387 e. The van der Waals surface area contributed by atoms with Gasteiger partial charge in [0.1, 0.15) is 5.71 Å². The molecule has 0 saturated carbocycles. The minimum Gasteiger partial charge on any atom is -0.387 e. The maximum Gasteiger partial charge on any atom is 0.271 e. The summed E-state index contributed by atoms with van der Waals surface area (Å²) in [6.45, 7) is 6.44. The van der Waals surface area contributed by atoms with E-state index in [4.69, 9.17) is 4.84 Å². The predicted molar refractivity (Wildman–Crippen MR) is 104 cm³/mol. The number of carbonyl (C=O) groups excluding carboxylic acids is 1. The van der Waals surface area contributed by atoms with Crippen molar-refractivity contribution in [2.75, 3.05) is 20.1 Å². The van der Waals surface area contributed by atoms with Crippen LogP contribution in [-0.4, -0.2) is 61.0 Å². The van der Waals surface area contributed by atoms with E-state index < -0.39 is 15.6 Å². The molecular formula is C19H27N3O4S. The zero-order valence-electron chi connectivity index (χ0n) is 16.3. The van der Waals surface area contributed by atoms with Crippen molar-refractivity contribution in [1.29, 1.82) is 0 Å². The summed E-state index contributed by atoms with van der Waals surface area (Å²) in [7, 11) is -1.72. The van der Waals surface area contributed by atoms with Crippen molar-refractivity contribution in [2.24, 2.45) is 5.16 Å². The van der Waals surface area contributed by atoms with E-state index in [1.165, 1.54) is 4.31 Å². The number of hydrogen-bond donors (Lipinski definition) is 0. The molecule has 0 bridgehead atoms. The normalized spacial score (nSPS) is 22.9. The summed E-state index contributed by atoms with van der Waals surface area (Å²) in [5.41, 5.74) is 1.50. The van der Waals surface area contributed by atoms with Crippen molar-refractivity contribution < 1.29 is 18.0 Å². The van der Waals surface area contributed by atoms with Crippen molar-refractivity contribution in [3.63, 3.8) is 0 Å². The van der Waals surface area contributed by atoms with Crippen LogP contribution in [0, 0.1) is 6.92 Å². The van der Waals surface area contributed by atoms with Gasteiger partial charge in [0.25, 0.3) is 5.91 Å². The third-order valence-corrected chi connectivity index (χ3v) is 7.12. The number of rotatable bonds is 5. The number of amides is 1. The molecule has 27 heavy (non-hydrogen) atoms. The van der Waals surface area contributed by atoms with Gasteiger partial charge in [-0.25, -0.2) is 8.42 Å². The Kier molecular flexibility index (Phi) is 5.31. The summed E-state index contributed by atoms with van der Waals surface area (Å²) >= 11 is 0. The molecule has 0 aromatic heterocycles. The van der Waals surface area contributed by atoms with E-state index in [2.05, 4.69) is 5.16 Å². The predicted octanol–water partition coefficient (Wildman–Crippen LogP) is 1.91. The molecule has 0 radical (unpaired) electrons. The second-order valence-electron chi connectivity index (χ2n) is 7.82. The van der Waals surface area contributed by atoms with Crippen molar-refractivity contribution in [1.82, 2.24) is 9.21 Å². The lowest BCUT2D eigenvalue weighted by Crippen LogP contribution is -2.41. The van der Waals surface area contributed by atoms with Crippen LogP contribution in [0.2, 0.25) is 0 Å². The fourth-order valence-electron chi connectivity index (χ4n) is 3.32. The van der Waals surface area contributed by atoms with E-state index in [0.717, 1.165) is 11.1 Å². The molecule has 7 nitrogen and oxygen atoms in total. The molecule has 0 aliphatic carbocycles. The summed E-state index contributed by atoms with van der Waals surface area (Å²) in [6.07, 6.45) is 0.880. The second kappa shape index (κ2) is 7.24. The van der Waals surface area contributed by atoms with Crippen LogP contribution in [0.3, 0.4) is 0 Å². The lowest BCUT2D eigenvalue weighted by molar-refractivity contribution is -0.124. The fourth-order valence-corrected chi connectivity index (χ4v) is 4.92. The number of hydrogen-bond acceptors (Lipinski definition) is 5. The monoisotopic (exact) mass is 393 g/mol. The highest BCUT2D eigenvalue weighted by Gasteiger charge is 2.49. The Morgan fingerprint density at radius 2 is 2.00 bits per heavy atom. The Balaban J connectivity index is 1.65. The van der Waals surface area contributed by atoms with E-state index in [-0.39, 0.29) is 24.2 Å². The Hall–Kier alpha value is -1.93. The molecule has 3 rings (SSSR count). The topological polar surface area (TPSA) is 79.3 Å². The minimum atomic E-state index is -3.45. The lowest BCUT2D eigenvalue weighted by atomic mass is 9.96. The van der Waals surface area contributed by atoms with Gasteiger partial charge in [-0.3, -0.25) is 4.79 Å². The van der Waals surface area contributed by atoms with E-state index in [1.807, 2.05) is 45.0 Å². The van der Waals surface area contributed by atoms with Gasteiger partial charge in [0.15, 0.2) is 5.60 Å². The molecule has 1 spiro atoms. The molecule has 0 N–H and O–H groups in total. The molecule has 2 aliphatic rings. The first-order valence-electron chi connectivity index (χ1n) is 9.17. The average Bonchev–Trinajstić information content (AvgIpc) is 3.23. The van der Waals surface area contributed by atoms with Gasteiger partial charge in [-0.2, -0.15) is 4.31 Å². The van der Waals surface area contributed by atoms with Crippen LogP contribution in [-0.2, 0) is 25.4 Å². The molecule has 2 aliphatic heterocycles. The molecule has 1 fully saturated rings. The van der Waals surface area contributed by atoms with Gasteiger partial charge in [-0.15, -0.1) is 0 Å². The molecule has 1 aromatic carbocycles. The fraction of sp³-hybridized carbons (Fsp3) is 0.579. The van der Waals surface area contributed by atoms with Gasteiger partial charge < -0.3 is 9.74 Å². The van der Waals surface area contributed by atoms with Gasteiger partial charge in [0.2, 0.25) is 10.0 Å². The highest BCUT2D eigenvalue weighted by Crippen LogP contribution is 2.36. The number of carbonyl (C=O) groups is 1. The molecule has 0 unspecified atom stereocenters. The van der Waals surface area contributed by atoms with E-state index in [1.54, 1.807) is 11.9 Å². The molecular weight excluding hydrogens is 366 g/mol. The summed E-state index contributed by atoms with van der Waals surface area (Å²) in [6, 6.07) is 7.56. The maximum absolute atomic E-state index is 12.8. The molecule has 148 valence electrons. The van der Waals surface area contributed by atoms with E-state index in [0.29, 0.717) is 25.1 Å². The molecule has 1 atom stereocenters. The van der Waals surface area contributed by atoms with Gasteiger partial charge >= 0.3 is 0 Å². The summed E-state index contributed by atoms with van der Waals surface area (Å²) in [4.78, 5) is 19.7. The summed E-state index contributed by atoms with van der Waals surface area (Å²) in [5, 5.41) is 3.99. The zero-order valence-corrected chi connectivity index (χ0v) is 17.1. The Morgan fingerprint density at radius 3 is 2.63 bits per heavy atom. The average molecular weight is 394 g/mol. The number of sulfonamides is 1. The highest BCUT2D eigenvalue weighted by molar-refractivity contribution is 7.88. The van der Waals surface area contributed by atoms with Gasteiger partial charge in [-0.05, 0) is 26.3 Å². The number of benzene rings is 1. The van der Waals surface area contributed by atoms with Crippen LogP contribution in [0.4, 0.5) is 0 Å². The third-order valence-electron chi connectivity index (χ3n) is 5.33. The van der Waals surface area contributed by atoms with E-state index >= 15 is 0 Å². The minimum absolute atomic E-state index is 0.0356. The van der Waals surface area contributed by atoms with Gasteiger partial charge in [0.05, 0.1) is 12.3 Å². The molecule has 1 aromatic rings. The standard InChI is InChI=1S/C19H27N3O4S/c1-14(2)21(4)18(23)17-11-19(26-20-17)9-10-22(13-19)27(24,25)12-16-7-5-15(3)6-8-16/h5-8,14H,9-13H2,1-4H3/t19-/m0/s1. The Labute approximate surface area is 161 Å². The van der Waals surface area contributed by atoms with Crippen LogP contribution < -0.4 is 0 Å². The Morgan fingerprint density at radius 1 is 1.33 bits per heavy atom. The van der Waals surface area contributed by atoms with Crippen molar-refractivity contribution in [2.45, 2.75) is 51.0 Å². The molecule has 1 amide bonds. The van der Waals surface area contributed by atoms with Gasteiger partial charge in [-0.1, -0.05) is 35.0 Å². The second-order valence-corrected chi connectivity index (χ2v) is 9.79. The number of aryl methyl sites for hydroxylation is 1. The van der Waals surface area contributed by atoms with Gasteiger partial charge in [0, 0.05) is 32.5 Å². The molecule has 8 heteroatoms. The van der Waals surface area contributed by atoms with Crippen molar-refractivity contribution >= 4 is 21.6 Å². The lowest BCUT2D eigenvalue weighted by Gasteiger charge is -2.23. The summed E-state index contributed by atoms with van der Waals surface area (Å²) in [5.74, 6) is -0.200. The van der Waals surface area contributed by atoms with E-state index in [9.17, 15) is 13.2 Å². The van der Waals surface area contributed by atoms with Crippen LogP contribution in [0.5, 0.6) is 0 Å². The SMILES string of the molecule is Cc1ccc(CS(=O)(=O)N2CC[C@]3(CC(C(=O)N(C)C(C)C)=NO3)C2)cc1.